The van der Waals surface area contributed by atoms with E-state index in [0.717, 1.165) is 47.3 Å². The number of nitrogens with zero attached hydrogens (tertiary/aromatic N) is 4. The number of hydrogen-bond donors (Lipinski definition) is 1. The maximum absolute atomic E-state index is 13.7. The lowest BCUT2D eigenvalue weighted by atomic mass is 9.96. The van der Waals surface area contributed by atoms with E-state index in [9.17, 15) is 9.59 Å². The van der Waals surface area contributed by atoms with Crippen LogP contribution < -0.4 is 5.32 Å². The Kier molecular flexibility index (Phi) is 5.25. The van der Waals surface area contributed by atoms with Crippen LogP contribution in [0.4, 0.5) is 0 Å². The first kappa shape index (κ1) is 20.2. The predicted octanol–water partition coefficient (Wildman–Crippen LogP) is 3.87. The number of carbonyl (C=O) groups is 2. The van der Waals surface area contributed by atoms with E-state index >= 15 is 0 Å². The summed E-state index contributed by atoms with van der Waals surface area (Å²) in [6.45, 7) is 5.25. The molecule has 0 radical (unpaired) electrons. The van der Waals surface area contributed by atoms with Gasteiger partial charge in [0.2, 0.25) is 5.91 Å². The predicted molar refractivity (Wildman–Crippen MR) is 121 cm³/mol. The number of aromatic nitrogens is 3. The molecule has 3 aromatic heterocycles. The van der Waals surface area contributed by atoms with Gasteiger partial charge >= 0.3 is 0 Å². The number of carbonyl (C=O) groups excluding carboxylic acids is 2. The van der Waals surface area contributed by atoms with E-state index in [4.69, 9.17) is 4.98 Å². The maximum Gasteiger partial charge on any atom is 0.254 e. The van der Waals surface area contributed by atoms with Gasteiger partial charge in [0.05, 0.1) is 33.6 Å². The summed E-state index contributed by atoms with van der Waals surface area (Å²) in [6.07, 6.45) is 5.56. The quantitative estimate of drug-likeness (QED) is 0.657. The molecule has 1 aliphatic carbocycles. The minimum Gasteiger partial charge on any atom is -0.353 e. The Bertz CT molecular complexity index is 1120. The fourth-order valence-corrected chi connectivity index (χ4v) is 4.90. The number of piperidine rings is 1. The van der Waals surface area contributed by atoms with Crippen LogP contribution in [0.3, 0.4) is 0 Å². The molecule has 2 aliphatic rings. The lowest BCUT2D eigenvalue weighted by Gasteiger charge is -2.32. The molecule has 0 bridgehead atoms. The molecular formula is C23H27N5O2S. The summed E-state index contributed by atoms with van der Waals surface area (Å²) in [5.74, 6) is -0.0880. The summed E-state index contributed by atoms with van der Waals surface area (Å²) in [7, 11) is 0. The van der Waals surface area contributed by atoms with Crippen LogP contribution in [0.15, 0.2) is 29.8 Å². The second kappa shape index (κ2) is 8.07. The number of likely N-dealkylation sites (tertiary alicyclic amines) is 1. The first-order valence-electron chi connectivity index (χ1n) is 11.0. The summed E-state index contributed by atoms with van der Waals surface area (Å²) in [5.41, 5.74) is 2.13. The van der Waals surface area contributed by atoms with Crippen LogP contribution in [0.5, 0.6) is 0 Å². The molecule has 5 rings (SSSR count). The SMILES string of the molecule is CC(C)n1ncc2c(C(=O)N3CCCC(C(=O)NC4CC4)C3)cc(-c3cccs3)nc21. The molecule has 1 unspecified atom stereocenters. The van der Waals surface area contributed by atoms with Gasteiger partial charge in [-0.3, -0.25) is 9.59 Å². The number of hydrogen-bond acceptors (Lipinski definition) is 5. The second-order valence-corrected chi connectivity index (χ2v) is 9.77. The molecule has 1 atom stereocenters. The average Bonchev–Trinajstić information content (AvgIpc) is 3.25. The van der Waals surface area contributed by atoms with Crippen LogP contribution in [0.1, 0.15) is 55.9 Å². The highest BCUT2D eigenvalue weighted by atomic mass is 32.1. The zero-order chi connectivity index (χ0) is 21.5. The third-order valence-corrected chi connectivity index (χ3v) is 6.96. The first-order chi connectivity index (χ1) is 15.0. The van der Waals surface area contributed by atoms with E-state index in [1.165, 1.54) is 0 Å². The number of thiophene rings is 1. The van der Waals surface area contributed by atoms with Crippen molar-refractivity contribution in [2.24, 2.45) is 5.92 Å². The van der Waals surface area contributed by atoms with E-state index in [2.05, 4.69) is 24.3 Å². The Labute approximate surface area is 185 Å². The zero-order valence-corrected chi connectivity index (χ0v) is 18.7. The summed E-state index contributed by atoms with van der Waals surface area (Å²) >= 11 is 1.60. The minimum absolute atomic E-state index is 0.0440. The van der Waals surface area contributed by atoms with Gasteiger partial charge in [-0.1, -0.05) is 6.07 Å². The molecule has 0 aromatic carbocycles. The van der Waals surface area contributed by atoms with Crippen molar-refractivity contribution in [1.82, 2.24) is 25.0 Å². The highest BCUT2D eigenvalue weighted by molar-refractivity contribution is 7.13. The van der Waals surface area contributed by atoms with Crippen LogP contribution in [-0.4, -0.2) is 50.6 Å². The fraction of sp³-hybridized carbons (Fsp3) is 0.478. The Hall–Kier alpha value is -2.74. The standard InChI is InChI=1S/C23H27N5O2S/c1-14(2)28-21-18(12-24-28)17(11-19(26-21)20-6-4-10-31-20)23(30)27-9-3-5-15(13-27)22(29)25-16-7-8-16/h4,6,10-12,14-16H,3,5,7-9,13H2,1-2H3,(H,25,29). The highest BCUT2D eigenvalue weighted by Gasteiger charge is 2.33. The molecule has 0 spiro atoms. The van der Waals surface area contributed by atoms with Gasteiger partial charge in [-0.25, -0.2) is 9.67 Å². The number of nitrogens with one attached hydrogen (secondary N) is 1. The second-order valence-electron chi connectivity index (χ2n) is 8.83. The van der Waals surface area contributed by atoms with E-state index in [0.29, 0.717) is 24.7 Å². The van der Waals surface area contributed by atoms with E-state index in [1.54, 1.807) is 17.5 Å². The van der Waals surface area contributed by atoms with Crippen LogP contribution >= 0.6 is 11.3 Å². The highest BCUT2D eigenvalue weighted by Crippen LogP contribution is 2.30. The summed E-state index contributed by atoms with van der Waals surface area (Å²) in [4.78, 5) is 33.9. The number of fused-ring (bicyclic) bond motifs is 1. The van der Waals surface area contributed by atoms with Crippen LogP contribution in [-0.2, 0) is 4.79 Å². The molecule has 31 heavy (non-hydrogen) atoms. The smallest absolute Gasteiger partial charge is 0.254 e. The molecule has 1 saturated carbocycles. The lowest BCUT2D eigenvalue weighted by molar-refractivity contribution is -0.126. The fourth-order valence-electron chi connectivity index (χ4n) is 4.22. The monoisotopic (exact) mass is 437 g/mol. The van der Waals surface area contributed by atoms with Gasteiger partial charge in [-0.05, 0) is 57.0 Å². The third kappa shape index (κ3) is 3.96. The summed E-state index contributed by atoms with van der Waals surface area (Å²) in [5, 5.41) is 10.4. The Balaban J connectivity index is 1.49. The van der Waals surface area contributed by atoms with Crippen molar-refractivity contribution in [1.29, 1.82) is 0 Å². The topological polar surface area (TPSA) is 80.1 Å². The molecule has 4 heterocycles. The van der Waals surface area contributed by atoms with Crippen molar-refractivity contribution in [3.8, 4) is 10.6 Å². The summed E-state index contributed by atoms with van der Waals surface area (Å²) in [6, 6.07) is 6.37. The molecule has 1 saturated heterocycles. The minimum atomic E-state index is -0.134. The van der Waals surface area contributed by atoms with Crippen LogP contribution in [0, 0.1) is 5.92 Å². The van der Waals surface area contributed by atoms with Crippen molar-refractivity contribution in [2.75, 3.05) is 13.1 Å². The Morgan fingerprint density at radius 1 is 1.26 bits per heavy atom. The van der Waals surface area contributed by atoms with Gasteiger partial charge in [0, 0.05) is 25.2 Å². The van der Waals surface area contributed by atoms with Crippen LogP contribution in [0.25, 0.3) is 21.6 Å². The molecule has 1 aliphatic heterocycles. The molecular weight excluding hydrogens is 410 g/mol. The first-order valence-corrected chi connectivity index (χ1v) is 11.9. The Morgan fingerprint density at radius 2 is 2.10 bits per heavy atom. The van der Waals surface area contributed by atoms with Gasteiger partial charge in [-0.15, -0.1) is 11.3 Å². The van der Waals surface area contributed by atoms with Crippen LogP contribution in [0.2, 0.25) is 0 Å². The van der Waals surface area contributed by atoms with Crippen molar-refractivity contribution >= 4 is 34.2 Å². The van der Waals surface area contributed by atoms with Gasteiger partial charge in [0.25, 0.3) is 5.91 Å². The van der Waals surface area contributed by atoms with Gasteiger partial charge in [0.15, 0.2) is 5.65 Å². The molecule has 3 aromatic rings. The molecule has 1 N–H and O–H groups in total. The van der Waals surface area contributed by atoms with Crippen molar-refractivity contribution in [2.45, 2.75) is 51.6 Å². The van der Waals surface area contributed by atoms with Crippen molar-refractivity contribution < 1.29 is 9.59 Å². The molecule has 2 fully saturated rings. The lowest BCUT2D eigenvalue weighted by Crippen LogP contribution is -2.46. The van der Waals surface area contributed by atoms with E-state index in [1.807, 2.05) is 33.2 Å². The van der Waals surface area contributed by atoms with Gasteiger partial charge < -0.3 is 10.2 Å². The zero-order valence-electron chi connectivity index (χ0n) is 17.9. The molecule has 8 heteroatoms. The van der Waals surface area contributed by atoms with Gasteiger partial charge in [0.1, 0.15) is 0 Å². The number of rotatable bonds is 5. The number of pyridine rings is 1. The van der Waals surface area contributed by atoms with Crippen molar-refractivity contribution in [3.05, 3.63) is 35.3 Å². The largest absolute Gasteiger partial charge is 0.353 e. The van der Waals surface area contributed by atoms with E-state index in [-0.39, 0.29) is 23.8 Å². The Morgan fingerprint density at radius 3 is 2.81 bits per heavy atom. The molecule has 7 nitrogen and oxygen atoms in total. The molecule has 162 valence electrons. The van der Waals surface area contributed by atoms with Crippen molar-refractivity contribution in [3.63, 3.8) is 0 Å². The maximum atomic E-state index is 13.7. The normalized spacial score (nSPS) is 19.2. The van der Waals surface area contributed by atoms with E-state index < -0.39 is 0 Å². The molecule has 2 amide bonds. The summed E-state index contributed by atoms with van der Waals surface area (Å²) < 4.78 is 1.87. The third-order valence-electron chi connectivity index (χ3n) is 6.06. The van der Waals surface area contributed by atoms with Gasteiger partial charge in [-0.2, -0.15) is 5.10 Å². The average molecular weight is 438 g/mol. The number of amides is 2.